The number of amides is 1. The lowest BCUT2D eigenvalue weighted by Crippen LogP contribution is -2.52. The first-order valence-electron chi connectivity index (χ1n) is 9.35. The third kappa shape index (κ3) is 3.42. The van der Waals surface area contributed by atoms with Crippen LogP contribution >= 0.6 is 0 Å². The number of hydrogen-bond donors (Lipinski definition) is 0. The van der Waals surface area contributed by atoms with Crippen LogP contribution in [-0.4, -0.2) is 59.5 Å². The Balaban J connectivity index is 1.39. The average molecular weight is 351 g/mol. The van der Waals surface area contributed by atoms with Crippen molar-refractivity contribution in [3.63, 3.8) is 0 Å². The third-order valence-electron chi connectivity index (χ3n) is 5.40. The summed E-state index contributed by atoms with van der Waals surface area (Å²) in [5, 5.41) is 0. The lowest BCUT2D eigenvalue weighted by molar-refractivity contribution is -0.120. The monoisotopic (exact) mass is 351 g/mol. The number of benzene rings is 1. The van der Waals surface area contributed by atoms with E-state index >= 15 is 0 Å². The Bertz CT molecular complexity index is 758. The SMILES string of the molecule is CC1CCc2ccccc2N1C(=O)CN1CCN(c2cnccn2)CC1. The molecular formula is C20H25N5O. The van der Waals surface area contributed by atoms with Crippen molar-refractivity contribution in [2.75, 3.05) is 42.5 Å². The molecule has 0 spiro atoms. The Morgan fingerprint density at radius 2 is 1.96 bits per heavy atom. The summed E-state index contributed by atoms with van der Waals surface area (Å²) in [6, 6.07) is 8.56. The number of nitrogens with zero attached hydrogens (tertiary/aromatic N) is 5. The standard InChI is InChI=1S/C20H25N5O/c1-16-6-7-17-4-2-3-5-18(17)25(16)20(26)15-23-10-12-24(13-11-23)19-14-21-8-9-22-19/h2-5,8-9,14,16H,6-7,10-13,15H2,1H3. The van der Waals surface area contributed by atoms with Gasteiger partial charge in [0.05, 0.1) is 12.7 Å². The lowest BCUT2D eigenvalue weighted by Gasteiger charge is -2.39. The first-order chi connectivity index (χ1) is 12.7. The van der Waals surface area contributed by atoms with Crippen molar-refractivity contribution in [3.8, 4) is 0 Å². The molecule has 1 saturated heterocycles. The number of anilines is 2. The van der Waals surface area contributed by atoms with Gasteiger partial charge in [0.1, 0.15) is 5.82 Å². The summed E-state index contributed by atoms with van der Waals surface area (Å²) in [6.07, 6.45) is 7.30. The average Bonchev–Trinajstić information content (AvgIpc) is 2.69. The lowest BCUT2D eigenvalue weighted by atomic mass is 9.96. The van der Waals surface area contributed by atoms with Crippen LogP contribution in [0.2, 0.25) is 0 Å². The Kier molecular flexibility index (Phi) is 4.84. The second-order valence-corrected chi connectivity index (χ2v) is 7.11. The minimum Gasteiger partial charge on any atom is -0.353 e. The second kappa shape index (κ2) is 7.41. The van der Waals surface area contributed by atoms with Gasteiger partial charge in [-0.2, -0.15) is 0 Å². The number of piperazine rings is 1. The van der Waals surface area contributed by atoms with Crippen LogP contribution in [0.25, 0.3) is 0 Å². The fourth-order valence-corrected chi connectivity index (χ4v) is 3.93. The number of hydrogen-bond acceptors (Lipinski definition) is 5. The van der Waals surface area contributed by atoms with E-state index in [2.05, 4.69) is 44.9 Å². The highest BCUT2D eigenvalue weighted by Gasteiger charge is 2.29. The van der Waals surface area contributed by atoms with Crippen molar-refractivity contribution in [2.45, 2.75) is 25.8 Å². The van der Waals surface area contributed by atoms with Crippen LogP contribution in [0.1, 0.15) is 18.9 Å². The summed E-state index contributed by atoms with van der Waals surface area (Å²) in [4.78, 5) is 28.0. The molecule has 1 atom stereocenters. The first-order valence-corrected chi connectivity index (χ1v) is 9.35. The third-order valence-corrected chi connectivity index (χ3v) is 5.40. The van der Waals surface area contributed by atoms with Crippen LogP contribution in [0, 0.1) is 0 Å². The molecule has 1 amide bonds. The molecule has 6 nitrogen and oxygen atoms in total. The second-order valence-electron chi connectivity index (χ2n) is 7.11. The molecule has 26 heavy (non-hydrogen) atoms. The van der Waals surface area contributed by atoms with Gasteiger partial charge in [0.2, 0.25) is 5.91 Å². The van der Waals surface area contributed by atoms with Crippen LogP contribution in [0.15, 0.2) is 42.9 Å². The normalized spacial score (nSPS) is 20.7. The van der Waals surface area contributed by atoms with Crippen LogP contribution in [0.3, 0.4) is 0 Å². The highest BCUT2D eigenvalue weighted by atomic mass is 16.2. The van der Waals surface area contributed by atoms with Gasteiger partial charge in [-0.3, -0.25) is 14.7 Å². The molecule has 2 aromatic rings. The molecule has 0 bridgehead atoms. The highest BCUT2D eigenvalue weighted by Crippen LogP contribution is 2.30. The van der Waals surface area contributed by atoms with Gasteiger partial charge in [0.25, 0.3) is 0 Å². The molecule has 1 fully saturated rings. The molecule has 2 aliphatic rings. The zero-order valence-corrected chi connectivity index (χ0v) is 15.2. The largest absolute Gasteiger partial charge is 0.353 e. The van der Waals surface area contributed by atoms with Gasteiger partial charge in [-0.15, -0.1) is 0 Å². The van der Waals surface area contributed by atoms with E-state index in [1.807, 2.05) is 11.0 Å². The van der Waals surface area contributed by atoms with Crippen molar-refractivity contribution >= 4 is 17.4 Å². The number of rotatable bonds is 3. The summed E-state index contributed by atoms with van der Waals surface area (Å²) in [5.41, 5.74) is 2.38. The Morgan fingerprint density at radius 1 is 1.15 bits per heavy atom. The van der Waals surface area contributed by atoms with Gasteiger partial charge in [-0.1, -0.05) is 18.2 Å². The summed E-state index contributed by atoms with van der Waals surface area (Å²) in [6.45, 7) is 6.11. The fraction of sp³-hybridized carbons (Fsp3) is 0.450. The fourth-order valence-electron chi connectivity index (χ4n) is 3.93. The zero-order valence-electron chi connectivity index (χ0n) is 15.2. The molecule has 0 N–H and O–H groups in total. The first kappa shape index (κ1) is 17.0. The van der Waals surface area contributed by atoms with Crippen molar-refractivity contribution in [2.24, 2.45) is 0 Å². The van der Waals surface area contributed by atoms with E-state index < -0.39 is 0 Å². The number of carbonyl (C=O) groups is 1. The van der Waals surface area contributed by atoms with Gasteiger partial charge in [0.15, 0.2) is 0 Å². The molecule has 1 aromatic carbocycles. The van der Waals surface area contributed by atoms with E-state index in [9.17, 15) is 4.79 Å². The maximum Gasteiger partial charge on any atom is 0.241 e. The predicted octanol–water partition coefficient (Wildman–Crippen LogP) is 1.97. The molecular weight excluding hydrogens is 326 g/mol. The van der Waals surface area contributed by atoms with Gasteiger partial charge in [0, 0.05) is 50.3 Å². The van der Waals surface area contributed by atoms with Crippen LogP contribution in [-0.2, 0) is 11.2 Å². The van der Waals surface area contributed by atoms with Crippen molar-refractivity contribution in [1.82, 2.24) is 14.9 Å². The molecule has 136 valence electrons. The number of fused-ring (bicyclic) bond motifs is 1. The number of para-hydroxylation sites is 1. The zero-order chi connectivity index (χ0) is 17.9. The quantitative estimate of drug-likeness (QED) is 0.846. The van der Waals surface area contributed by atoms with Crippen LogP contribution < -0.4 is 9.80 Å². The smallest absolute Gasteiger partial charge is 0.241 e. The molecule has 0 saturated carbocycles. The van der Waals surface area contributed by atoms with Gasteiger partial charge < -0.3 is 9.80 Å². The highest BCUT2D eigenvalue weighted by molar-refractivity contribution is 5.96. The molecule has 0 aliphatic carbocycles. The Morgan fingerprint density at radius 3 is 2.73 bits per heavy atom. The molecule has 1 unspecified atom stereocenters. The van der Waals surface area contributed by atoms with E-state index in [4.69, 9.17) is 0 Å². The molecule has 0 radical (unpaired) electrons. The minimum atomic E-state index is 0.206. The van der Waals surface area contributed by atoms with Gasteiger partial charge in [-0.25, -0.2) is 4.98 Å². The van der Waals surface area contributed by atoms with Gasteiger partial charge >= 0.3 is 0 Å². The van der Waals surface area contributed by atoms with Crippen molar-refractivity contribution in [1.29, 1.82) is 0 Å². The predicted molar refractivity (Wildman–Crippen MR) is 102 cm³/mol. The maximum atomic E-state index is 13.0. The summed E-state index contributed by atoms with van der Waals surface area (Å²) >= 11 is 0. The minimum absolute atomic E-state index is 0.206. The number of carbonyl (C=O) groups excluding carboxylic acids is 1. The van der Waals surface area contributed by atoms with E-state index in [-0.39, 0.29) is 11.9 Å². The van der Waals surface area contributed by atoms with E-state index in [0.717, 1.165) is 50.5 Å². The molecule has 3 heterocycles. The van der Waals surface area contributed by atoms with Crippen molar-refractivity contribution in [3.05, 3.63) is 48.4 Å². The van der Waals surface area contributed by atoms with Gasteiger partial charge in [-0.05, 0) is 31.4 Å². The molecule has 1 aromatic heterocycles. The Hall–Kier alpha value is -2.47. The Labute approximate surface area is 154 Å². The molecule has 4 rings (SSSR count). The summed E-state index contributed by atoms with van der Waals surface area (Å²) in [7, 11) is 0. The number of aryl methyl sites for hydroxylation is 1. The summed E-state index contributed by atoms with van der Waals surface area (Å²) < 4.78 is 0. The van der Waals surface area contributed by atoms with Crippen molar-refractivity contribution < 1.29 is 4.79 Å². The topological polar surface area (TPSA) is 52.6 Å². The molecule has 6 heteroatoms. The van der Waals surface area contributed by atoms with Crippen LogP contribution in [0.5, 0.6) is 0 Å². The van der Waals surface area contributed by atoms with E-state index in [0.29, 0.717) is 6.54 Å². The maximum absolute atomic E-state index is 13.0. The van der Waals surface area contributed by atoms with Crippen LogP contribution in [0.4, 0.5) is 11.5 Å². The number of aromatic nitrogens is 2. The summed E-state index contributed by atoms with van der Waals surface area (Å²) in [5.74, 6) is 1.12. The molecule has 2 aliphatic heterocycles. The van der Waals surface area contributed by atoms with E-state index in [1.54, 1.807) is 18.6 Å². The van der Waals surface area contributed by atoms with E-state index in [1.165, 1.54) is 5.56 Å².